The van der Waals surface area contributed by atoms with E-state index < -0.39 is 6.10 Å². The van der Waals surface area contributed by atoms with Crippen LogP contribution in [-0.4, -0.2) is 49.5 Å². The molecule has 1 saturated carbocycles. The molecule has 3 rings (SSSR count). The quantitative estimate of drug-likeness (QED) is 0.732. The maximum Gasteiger partial charge on any atom is 0.231 e. The van der Waals surface area contributed by atoms with Gasteiger partial charge in [-0.2, -0.15) is 0 Å². The molecule has 0 radical (unpaired) electrons. The van der Waals surface area contributed by atoms with Gasteiger partial charge in [0.1, 0.15) is 0 Å². The molecule has 110 valence electrons. The van der Waals surface area contributed by atoms with Crippen LogP contribution in [0.3, 0.4) is 0 Å². The molecule has 0 spiro atoms. The van der Waals surface area contributed by atoms with Crippen molar-refractivity contribution in [1.82, 2.24) is 10.2 Å². The standard InChI is InChI=1S/C15H22N2O3/c1-17(12-3-4-12)7-6-16-9-13(18)11-2-5-14-15(8-11)20-10-19-14/h2,5,8,12-13,16,18H,3-4,6-7,9-10H2,1H3. The molecule has 5 heteroatoms. The smallest absolute Gasteiger partial charge is 0.231 e. The molecular weight excluding hydrogens is 256 g/mol. The highest BCUT2D eigenvalue weighted by Crippen LogP contribution is 2.34. The fourth-order valence-corrected chi connectivity index (χ4v) is 2.43. The highest BCUT2D eigenvalue weighted by Gasteiger charge is 2.25. The first-order chi connectivity index (χ1) is 9.74. The van der Waals surface area contributed by atoms with E-state index >= 15 is 0 Å². The molecule has 1 unspecified atom stereocenters. The van der Waals surface area contributed by atoms with Gasteiger partial charge in [-0.25, -0.2) is 0 Å². The monoisotopic (exact) mass is 278 g/mol. The molecule has 20 heavy (non-hydrogen) atoms. The SMILES string of the molecule is CN(CCNCC(O)c1ccc2c(c1)OCO2)C1CC1. The normalized spacial score (nSPS) is 18.6. The van der Waals surface area contributed by atoms with Crippen molar-refractivity contribution in [2.75, 3.05) is 33.5 Å². The second-order valence-electron chi connectivity index (χ2n) is 5.54. The summed E-state index contributed by atoms with van der Waals surface area (Å²) in [6.07, 6.45) is 2.14. The number of likely N-dealkylation sites (N-methyl/N-ethyl adjacent to an activating group) is 1. The summed E-state index contributed by atoms with van der Waals surface area (Å²) in [6.45, 7) is 2.74. The molecule has 0 aromatic heterocycles. The summed E-state index contributed by atoms with van der Waals surface area (Å²) in [4.78, 5) is 2.37. The van der Waals surface area contributed by atoms with Gasteiger partial charge in [0, 0.05) is 25.7 Å². The third-order valence-corrected chi connectivity index (χ3v) is 3.93. The van der Waals surface area contributed by atoms with E-state index in [4.69, 9.17) is 9.47 Å². The molecule has 5 nitrogen and oxygen atoms in total. The summed E-state index contributed by atoms with van der Waals surface area (Å²) in [5.41, 5.74) is 0.859. The number of hydrogen-bond acceptors (Lipinski definition) is 5. The Hall–Kier alpha value is -1.30. The third kappa shape index (κ3) is 3.23. The molecule has 2 N–H and O–H groups in total. The minimum atomic E-state index is -0.518. The van der Waals surface area contributed by atoms with Gasteiger partial charge in [-0.3, -0.25) is 0 Å². The summed E-state index contributed by atoms with van der Waals surface area (Å²) in [5.74, 6) is 1.47. The van der Waals surface area contributed by atoms with Crippen molar-refractivity contribution >= 4 is 0 Å². The molecule has 1 atom stereocenters. The van der Waals surface area contributed by atoms with Crippen molar-refractivity contribution in [3.05, 3.63) is 23.8 Å². The molecule has 1 aliphatic carbocycles. The number of aliphatic hydroxyl groups is 1. The number of benzene rings is 1. The lowest BCUT2D eigenvalue weighted by molar-refractivity contribution is 0.169. The second-order valence-corrected chi connectivity index (χ2v) is 5.54. The summed E-state index contributed by atoms with van der Waals surface area (Å²) in [5, 5.41) is 13.5. The van der Waals surface area contributed by atoms with Crippen LogP contribution in [0.2, 0.25) is 0 Å². The van der Waals surface area contributed by atoms with Crippen LogP contribution in [0.25, 0.3) is 0 Å². The molecule has 0 bridgehead atoms. The Morgan fingerprint density at radius 3 is 2.95 bits per heavy atom. The predicted molar refractivity (Wildman–Crippen MR) is 76.0 cm³/mol. The molecule has 0 amide bonds. The predicted octanol–water partition coefficient (Wildman–Crippen LogP) is 1.13. The van der Waals surface area contributed by atoms with Crippen molar-refractivity contribution in [3.63, 3.8) is 0 Å². The Morgan fingerprint density at radius 2 is 2.15 bits per heavy atom. The zero-order valence-electron chi connectivity index (χ0n) is 11.8. The average molecular weight is 278 g/mol. The van der Waals surface area contributed by atoms with Crippen LogP contribution in [0.5, 0.6) is 11.5 Å². The largest absolute Gasteiger partial charge is 0.454 e. The minimum absolute atomic E-state index is 0.265. The summed E-state index contributed by atoms with van der Waals surface area (Å²) in [6, 6.07) is 6.37. The molecule has 2 aliphatic rings. The lowest BCUT2D eigenvalue weighted by atomic mass is 10.1. The van der Waals surface area contributed by atoms with Crippen LogP contribution in [-0.2, 0) is 0 Å². The maximum atomic E-state index is 10.2. The lowest BCUT2D eigenvalue weighted by Crippen LogP contribution is -2.32. The van der Waals surface area contributed by atoms with E-state index in [0.717, 1.165) is 36.2 Å². The molecule has 1 heterocycles. The molecule has 1 fully saturated rings. The van der Waals surface area contributed by atoms with E-state index in [0.29, 0.717) is 6.54 Å². The Morgan fingerprint density at radius 1 is 1.35 bits per heavy atom. The van der Waals surface area contributed by atoms with Gasteiger partial charge in [0.15, 0.2) is 11.5 Å². The van der Waals surface area contributed by atoms with Crippen LogP contribution in [0, 0.1) is 0 Å². The van der Waals surface area contributed by atoms with Crippen molar-refractivity contribution in [1.29, 1.82) is 0 Å². The number of fused-ring (bicyclic) bond motifs is 1. The zero-order chi connectivity index (χ0) is 13.9. The van der Waals surface area contributed by atoms with E-state index in [1.165, 1.54) is 12.8 Å². The maximum absolute atomic E-state index is 10.2. The van der Waals surface area contributed by atoms with Crippen LogP contribution in [0.4, 0.5) is 0 Å². The molecule has 1 aliphatic heterocycles. The van der Waals surface area contributed by atoms with Gasteiger partial charge in [-0.15, -0.1) is 0 Å². The number of hydrogen-bond donors (Lipinski definition) is 2. The zero-order valence-corrected chi connectivity index (χ0v) is 11.8. The second kappa shape index (κ2) is 5.99. The summed E-state index contributed by atoms with van der Waals surface area (Å²) < 4.78 is 10.6. The first-order valence-electron chi connectivity index (χ1n) is 7.22. The van der Waals surface area contributed by atoms with E-state index in [9.17, 15) is 5.11 Å². The van der Waals surface area contributed by atoms with Crippen LogP contribution in [0.15, 0.2) is 18.2 Å². The van der Waals surface area contributed by atoms with Crippen LogP contribution < -0.4 is 14.8 Å². The van der Waals surface area contributed by atoms with Crippen LogP contribution >= 0.6 is 0 Å². The molecule has 1 aromatic carbocycles. The van der Waals surface area contributed by atoms with Crippen LogP contribution in [0.1, 0.15) is 24.5 Å². The molecule has 0 saturated heterocycles. The van der Waals surface area contributed by atoms with Crippen molar-refractivity contribution in [2.24, 2.45) is 0 Å². The Bertz CT molecular complexity index is 462. The van der Waals surface area contributed by atoms with Gasteiger partial charge in [-0.1, -0.05) is 6.07 Å². The van der Waals surface area contributed by atoms with Gasteiger partial charge in [0.05, 0.1) is 6.10 Å². The van der Waals surface area contributed by atoms with Gasteiger partial charge in [-0.05, 0) is 37.6 Å². The molecular formula is C15H22N2O3. The minimum Gasteiger partial charge on any atom is -0.454 e. The number of aliphatic hydroxyl groups excluding tert-OH is 1. The summed E-state index contributed by atoms with van der Waals surface area (Å²) >= 11 is 0. The van der Waals surface area contributed by atoms with E-state index in [1.807, 2.05) is 18.2 Å². The van der Waals surface area contributed by atoms with E-state index in [2.05, 4.69) is 17.3 Å². The Labute approximate surface area is 119 Å². The fraction of sp³-hybridized carbons (Fsp3) is 0.600. The fourth-order valence-electron chi connectivity index (χ4n) is 2.43. The first-order valence-corrected chi connectivity index (χ1v) is 7.22. The lowest BCUT2D eigenvalue weighted by Gasteiger charge is -2.17. The first kappa shape index (κ1) is 13.7. The highest BCUT2D eigenvalue weighted by atomic mass is 16.7. The van der Waals surface area contributed by atoms with E-state index in [-0.39, 0.29) is 6.79 Å². The topological polar surface area (TPSA) is 54.0 Å². The van der Waals surface area contributed by atoms with Gasteiger partial charge >= 0.3 is 0 Å². The van der Waals surface area contributed by atoms with Crippen molar-refractivity contribution in [3.8, 4) is 11.5 Å². The number of ether oxygens (including phenoxy) is 2. The average Bonchev–Trinajstić information content (AvgIpc) is 3.20. The number of nitrogens with zero attached hydrogens (tertiary/aromatic N) is 1. The van der Waals surface area contributed by atoms with Gasteiger partial charge < -0.3 is 24.8 Å². The van der Waals surface area contributed by atoms with Gasteiger partial charge in [0.25, 0.3) is 0 Å². The Balaban J connectivity index is 1.43. The number of rotatable bonds is 7. The third-order valence-electron chi connectivity index (χ3n) is 3.93. The summed E-state index contributed by atoms with van der Waals surface area (Å²) in [7, 11) is 2.16. The number of nitrogens with one attached hydrogen (secondary N) is 1. The van der Waals surface area contributed by atoms with Crippen molar-refractivity contribution < 1.29 is 14.6 Å². The molecule has 1 aromatic rings. The van der Waals surface area contributed by atoms with Crippen molar-refractivity contribution in [2.45, 2.75) is 25.0 Å². The highest BCUT2D eigenvalue weighted by molar-refractivity contribution is 5.45. The van der Waals surface area contributed by atoms with E-state index in [1.54, 1.807) is 0 Å². The Kier molecular flexibility index (Phi) is 4.10. The van der Waals surface area contributed by atoms with Gasteiger partial charge in [0.2, 0.25) is 6.79 Å².